The molecule has 4 heteroatoms. The number of hydrogen-bond donors (Lipinski definition) is 1. The Labute approximate surface area is 164 Å². The van der Waals surface area contributed by atoms with Crippen molar-refractivity contribution in [2.24, 2.45) is 0 Å². The summed E-state index contributed by atoms with van der Waals surface area (Å²) in [5.74, 6) is 1.41. The molecule has 0 atom stereocenters. The molecule has 0 saturated heterocycles. The van der Waals surface area contributed by atoms with Gasteiger partial charge in [-0.25, -0.2) is 9.97 Å². The lowest BCUT2D eigenvalue weighted by Gasteiger charge is -2.09. The van der Waals surface area contributed by atoms with Crippen LogP contribution in [0.25, 0.3) is 11.3 Å². The van der Waals surface area contributed by atoms with Crippen molar-refractivity contribution in [2.45, 2.75) is 13.5 Å². The normalized spacial score (nSPS) is 10.5. The molecule has 0 unspecified atom stereocenters. The zero-order valence-electron chi connectivity index (χ0n) is 15.7. The highest BCUT2D eigenvalue weighted by molar-refractivity contribution is 5.62. The van der Waals surface area contributed by atoms with Gasteiger partial charge in [-0.15, -0.1) is 0 Å². The minimum atomic E-state index is 0.554. The maximum Gasteiger partial charge on any atom is 0.227 e. The molecule has 1 heterocycles. The SMILES string of the molecule is Cc1ccc(Nc2nccc(-c3ccc(OCc4ccccc4)cc3)n2)cc1. The van der Waals surface area contributed by atoms with Crippen LogP contribution in [0.2, 0.25) is 0 Å². The fourth-order valence-electron chi connectivity index (χ4n) is 2.81. The molecular formula is C24H21N3O. The third kappa shape index (κ3) is 4.54. The molecule has 3 aromatic carbocycles. The third-order valence-corrected chi connectivity index (χ3v) is 4.36. The van der Waals surface area contributed by atoms with Crippen molar-refractivity contribution < 1.29 is 4.74 Å². The molecule has 4 aromatic rings. The maximum atomic E-state index is 5.85. The standard InChI is InChI=1S/C24H21N3O/c1-18-7-11-21(12-8-18)26-24-25-16-15-23(27-24)20-9-13-22(14-10-20)28-17-19-5-3-2-4-6-19/h2-16H,17H2,1H3,(H,25,26,27). The van der Waals surface area contributed by atoms with Crippen LogP contribution in [-0.4, -0.2) is 9.97 Å². The first-order valence-corrected chi connectivity index (χ1v) is 9.20. The predicted octanol–water partition coefficient (Wildman–Crippen LogP) is 5.77. The summed E-state index contributed by atoms with van der Waals surface area (Å²) >= 11 is 0. The van der Waals surface area contributed by atoms with E-state index in [9.17, 15) is 0 Å². The van der Waals surface area contributed by atoms with Crippen molar-refractivity contribution in [3.63, 3.8) is 0 Å². The molecule has 0 spiro atoms. The van der Waals surface area contributed by atoms with E-state index in [4.69, 9.17) is 4.74 Å². The Balaban J connectivity index is 1.44. The van der Waals surface area contributed by atoms with Gasteiger partial charge in [-0.3, -0.25) is 0 Å². The molecule has 28 heavy (non-hydrogen) atoms. The lowest BCUT2D eigenvalue weighted by molar-refractivity contribution is 0.306. The lowest BCUT2D eigenvalue weighted by atomic mass is 10.1. The Hall–Kier alpha value is -3.66. The van der Waals surface area contributed by atoms with E-state index in [1.54, 1.807) is 6.20 Å². The summed E-state index contributed by atoms with van der Waals surface area (Å²) < 4.78 is 5.85. The number of ether oxygens (including phenoxy) is 1. The molecule has 4 nitrogen and oxygen atoms in total. The van der Waals surface area contributed by atoms with Gasteiger partial charge in [0.15, 0.2) is 0 Å². The number of rotatable bonds is 6. The molecule has 0 saturated carbocycles. The number of nitrogens with zero attached hydrogens (tertiary/aromatic N) is 2. The molecule has 0 aliphatic rings. The van der Waals surface area contributed by atoms with E-state index in [-0.39, 0.29) is 0 Å². The summed E-state index contributed by atoms with van der Waals surface area (Å²) in [6, 6.07) is 28.1. The summed E-state index contributed by atoms with van der Waals surface area (Å²) in [6.45, 7) is 2.62. The highest BCUT2D eigenvalue weighted by Crippen LogP contribution is 2.23. The van der Waals surface area contributed by atoms with Crippen LogP contribution in [-0.2, 0) is 6.61 Å². The van der Waals surface area contributed by atoms with Gasteiger partial charge in [0.1, 0.15) is 12.4 Å². The average Bonchev–Trinajstić information content (AvgIpc) is 2.75. The fourth-order valence-corrected chi connectivity index (χ4v) is 2.81. The van der Waals surface area contributed by atoms with Gasteiger partial charge in [0, 0.05) is 17.4 Å². The van der Waals surface area contributed by atoms with E-state index < -0.39 is 0 Å². The minimum Gasteiger partial charge on any atom is -0.489 e. The zero-order chi connectivity index (χ0) is 19.2. The van der Waals surface area contributed by atoms with Gasteiger partial charge in [0.25, 0.3) is 0 Å². The van der Waals surface area contributed by atoms with Crippen molar-refractivity contribution in [3.8, 4) is 17.0 Å². The molecule has 4 rings (SSSR count). The van der Waals surface area contributed by atoms with Gasteiger partial charge in [0.2, 0.25) is 5.95 Å². The number of anilines is 2. The first-order chi connectivity index (χ1) is 13.8. The highest BCUT2D eigenvalue weighted by Gasteiger charge is 2.04. The Morgan fingerprint density at radius 3 is 2.32 bits per heavy atom. The maximum absolute atomic E-state index is 5.85. The van der Waals surface area contributed by atoms with E-state index in [0.29, 0.717) is 12.6 Å². The van der Waals surface area contributed by atoms with Gasteiger partial charge in [-0.05, 0) is 55.0 Å². The average molecular weight is 367 g/mol. The number of aryl methyl sites for hydroxylation is 1. The minimum absolute atomic E-state index is 0.554. The van der Waals surface area contributed by atoms with Crippen LogP contribution >= 0.6 is 0 Å². The second-order valence-corrected chi connectivity index (χ2v) is 6.56. The molecular weight excluding hydrogens is 346 g/mol. The zero-order valence-corrected chi connectivity index (χ0v) is 15.7. The molecule has 1 N–H and O–H groups in total. The van der Waals surface area contributed by atoms with Gasteiger partial charge in [-0.1, -0.05) is 48.0 Å². The smallest absolute Gasteiger partial charge is 0.227 e. The van der Waals surface area contributed by atoms with Crippen LogP contribution < -0.4 is 10.1 Å². The topological polar surface area (TPSA) is 47.0 Å². The summed E-state index contributed by atoms with van der Waals surface area (Å²) in [4.78, 5) is 8.94. The van der Waals surface area contributed by atoms with Crippen LogP contribution in [0.4, 0.5) is 11.6 Å². The van der Waals surface area contributed by atoms with E-state index in [2.05, 4.69) is 46.5 Å². The van der Waals surface area contributed by atoms with Gasteiger partial charge in [0.05, 0.1) is 5.69 Å². The molecule has 0 fully saturated rings. The van der Waals surface area contributed by atoms with Crippen molar-refractivity contribution >= 4 is 11.6 Å². The van der Waals surface area contributed by atoms with Crippen molar-refractivity contribution in [1.29, 1.82) is 0 Å². The molecule has 0 radical (unpaired) electrons. The van der Waals surface area contributed by atoms with Crippen molar-refractivity contribution in [2.75, 3.05) is 5.32 Å². The second kappa shape index (κ2) is 8.35. The van der Waals surface area contributed by atoms with Gasteiger partial charge < -0.3 is 10.1 Å². The summed E-state index contributed by atoms with van der Waals surface area (Å²) in [5, 5.41) is 3.24. The largest absolute Gasteiger partial charge is 0.489 e. The lowest BCUT2D eigenvalue weighted by Crippen LogP contribution is -1.98. The third-order valence-electron chi connectivity index (χ3n) is 4.36. The molecule has 0 aliphatic heterocycles. The van der Waals surface area contributed by atoms with E-state index >= 15 is 0 Å². The first kappa shape index (κ1) is 17.7. The van der Waals surface area contributed by atoms with Gasteiger partial charge >= 0.3 is 0 Å². The Morgan fingerprint density at radius 2 is 1.57 bits per heavy atom. The van der Waals surface area contributed by atoms with E-state index in [1.807, 2.05) is 60.7 Å². The van der Waals surface area contributed by atoms with Crippen LogP contribution in [0.15, 0.2) is 91.1 Å². The van der Waals surface area contributed by atoms with Gasteiger partial charge in [-0.2, -0.15) is 0 Å². The monoisotopic (exact) mass is 367 g/mol. The molecule has 1 aromatic heterocycles. The highest BCUT2D eigenvalue weighted by atomic mass is 16.5. The summed E-state index contributed by atoms with van der Waals surface area (Å²) in [5.41, 5.74) is 5.21. The number of hydrogen-bond acceptors (Lipinski definition) is 4. The van der Waals surface area contributed by atoms with E-state index in [1.165, 1.54) is 5.56 Å². The second-order valence-electron chi connectivity index (χ2n) is 6.56. The van der Waals surface area contributed by atoms with Crippen LogP contribution in [0.5, 0.6) is 5.75 Å². The summed E-state index contributed by atoms with van der Waals surface area (Å²) in [7, 11) is 0. The summed E-state index contributed by atoms with van der Waals surface area (Å²) in [6.07, 6.45) is 1.76. The van der Waals surface area contributed by atoms with Crippen LogP contribution in [0, 0.1) is 6.92 Å². The molecule has 138 valence electrons. The van der Waals surface area contributed by atoms with Crippen LogP contribution in [0.3, 0.4) is 0 Å². The van der Waals surface area contributed by atoms with Crippen molar-refractivity contribution in [1.82, 2.24) is 9.97 Å². The van der Waals surface area contributed by atoms with E-state index in [0.717, 1.165) is 28.3 Å². The van der Waals surface area contributed by atoms with Crippen LogP contribution in [0.1, 0.15) is 11.1 Å². The predicted molar refractivity (Wildman–Crippen MR) is 113 cm³/mol. The Kier molecular flexibility index (Phi) is 5.29. The number of nitrogens with one attached hydrogen (secondary N) is 1. The number of aromatic nitrogens is 2. The Bertz CT molecular complexity index is 1030. The molecule has 0 bridgehead atoms. The first-order valence-electron chi connectivity index (χ1n) is 9.20. The quantitative estimate of drug-likeness (QED) is 0.470. The fraction of sp³-hybridized carbons (Fsp3) is 0.0833. The molecule has 0 aliphatic carbocycles. The Morgan fingerprint density at radius 1 is 0.821 bits per heavy atom. The van der Waals surface area contributed by atoms with Crippen molar-refractivity contribution in [3.05, 3.63) is 102 Å². The number of benzene rings is 3. The molecule has 0 amide bonds.